The number of ether oxygens (including phenoxy) is 1. The number of carbonyl (C=O) groups excluding carboxylic acids is 2. The van der Waals surface area contributed by atoms with Crippen LogP contribution in [0.25, 0.3) is 0 Å². The molecule has 1 atom stereocenters. The minimum atomic E-state index is -0.658. The summed E-state index contributed by atoms with van der Waals surface area (Å²) in [5.74, 6) is 0.292. The van der Waals surface area contributed by atoms with Crippen molar-refractivity contribution in [1.82, 2.24) is 10.3 Å². The highest BCUT2D eigenvalue weighted by Gasteiger charge is 2.32. The van der Waals surface area contributed by atoms with Gasteiger partial charge in [-0.15, -0.1) is 0 Å². The molecular formula is C21H22N4O3. The lowest BCUT2D eigenvalue weighted by molar-refractivity contribution is -0.130. The average Bonchev–Trinajstić information content (AvgIpc) is 3.24. The molecule has 2 heterocycles. The Morgan fingerprint density at radius 2 is 1.89 bits per heavy atom. The second-order valence-electron chi connectivity index (χ2n) is 6.75. The smallest absolute Gasteiger partial charge is 0.262 e. The first-order valence-corrected chi connectivity index (χ1v) is 9.31. The first-order valence-electron chi connectivity index (χ1n) is 9.31. The molecule has 2 aliphatic rings. The molecular weight excluding hydrogens is 356 g/mol. The molecule has 2 aromatic carbocycles. The zero-order chi connectivity index (χ0) is 19.5. The van der Waals surface area contributed by atoms with Crippen LogP contribution in [0, 0.1) is 0 Å². The lowest BCUT2D eigenvalue weighted by atomic mass is 10.1. The summed E-state index contributed by atoms with van der Waals surface area (Å²) in [6.07, 6.45) is 0.0747. The Morgan fingerprint density at radius 3 is 2.68 bits per heavy atom. The van der Waals surface area contributed by atoms with Crippen LogP contribution < -0.4 is 15.0 Å². The summed E-state index contributed by atoms with van der Waals surface area (Å²) in [4.78, 5) is 26.9. The number of likely N-dealkylation sites (N-methyl/N-ethyl adjacent to an activating group) is 1. The van der Waals surface area contributed by atoms with Gasteiger partial charge in [0.05, 0.1) is 31.0 Å². The van der Waals surface area contributed by atoms with Crippen molar-refractivity contribution in [3.8, 4) is 5.75 Å². The van der Waals surface area contributed by atoms with E-state index >= 15 is 0 Å². The molecule has 0 aromatic heterocycles. The number of nitrogens with one attached hydrogen (secondary N) is 1. The number of carbonyl (C=O) groups is 2. The van der Waals surface area contributed by atoms with Crippen molar-refractivity contribution in [2.24, 2.45) is 5.10 Å². The summed E-state index contributed by atoms with van der Waals surface area (Å²) in [6, 6.07) is 17.3. The van der Waals surface area contributed by atoms with Gasteiger partial charge in [-0.3, -0.25) is 9.59 Å². The van der Waals surface area contributed by atoms with Crippen molar-refractivity contribution in [3.63, 3.8) is 0 Å². The van der Waals surface area contributed by atoms with E-state index in [0.29, 0.717) is 18.8 Å². The number of anilines is 1. The first-order chi connectivity index (χ1) is 13.7. The number of hydrogen-bond acceptors (Lipinski definition) is 5. The average molecular weight is 378 g/mol. The van der Waals surface area contributed by atoms with E-state index in [1.54, 1.807) is 7.05 Å². The fourth-order valence-corrected chi connectivity index (χ4v) is 3.47. The lowest BCUT2D eigenvalue weighted by Gasteiger charge is -2.35. The number of nitrogens with zero attached hydrogens (tertiary/aromatic N) is 3. The van der Waals surface area contributed by atoms with E-state index in [0.717, 1.165) is 23.4 Å². The third kappa shape index (κ3) is 3.55. The molecule has 0 bridgehead atoms. The molecule has 28 heavy (non-hydrogen) atoms. The predicted octanol–water partition coefficient (Wildman–Crippen LogP) is 1.64. The van der Waals surface area contributed by atoms with Crippen LogP contribution in [0.1, 0.15) is 12.0 Å². The van der Waals surface area contributed by atoms with Crippen molar-refractivity contribution >= 4 is 23.2 Å². The molecule has 2 aromatic rings. The number of rotatable bonds is 4. The number of amides is 2. The second-order valence-corrected chi connectivity index (χ2v) is 6.75. The minimum Gasteiger partial charge on any atom is -0.477 e. The molecule has 7 nitrogen and oxygen atoms in total. The SMILES string of the molecule is CNC(=O)[C@@H]1CN(CC(=O)N2CCC(c3ccccc3)=N2)c2ccccc2O1. The van der Waals surface area contributed by atoms with Crippen LogP contribution in [0.4, 0.5) is 5.69 Å². The van der Waals surface area contributed by atoms with Gasteiger partial charge in [0, 0.05) is 13.5 Å². The van der Waals surface area contributed by atoms with Crippen molar-refractivity contribution in [3.05, 3.63) is 60.2 Å². The Bertz CT molecular complexity index is 913. The molecule has 0 unspecified atom stereocenters. The summed E-state index contributed by atoms with van der Waals surface area (Å²) in [6.45, 7) is 1.01. The van der Waals surface area contributed by atoms with Crippen LogP contribution >= 0.6 is 0 Å². The van der Waals surface area contributed by atoms with Gasteiger partial charge >= 0.3 is 0 Å². The molecule has 0 saturated carbocycles. The van der Waals surface area contributed by atoms with E-state index in [1.807, 2.05) is 59.5 Å². The largest absolute Gasteiger partial charge is 0.477 e. The van der Waals surface area contributed by atoms with E-state index in [2.05, 4.69) is 10.4 Å². The van der Waals surface area contributed by atoms with E-state index in [1.165, 1.54) is 5.01 Å². The van der Waals surface area contributed by atoms with E-state index < -0.39 is 6.10 Å². The Hall–Kier alpha value is -3.35. The highest BCUT2D eigenvalue weighted by molar-refractivity contribution is 6.02. The summed E-state index contributed by atoms with van der Waals surface area (Å²) >= 11 is 0. The fourth-order valence-electron chi connectivity index (χ4n) is 3.47. The molecule has 144 valence electrons. The zero-order valence-electron chi connectivity index (χ0n) is 15.7. The molecule has 7 heteroatoms. The van der Waals surface area contributed by atoms with Crippen molar-refractivity contribution in [2.45, 2.75) is 12.5 Å². The summed E-state index contributed by atoms with van der Waals surface area (Å²) in [5, 5.41) is 8.65. The van der Waals surface area contributed by atoms with Gasteiger partial charge in [-0.2, -0.15) is 5.10 Å². The van der Waals surface area contributed by atoms with Gasteiger partial charge < -0.3 is 15.0 Å². The molecule has 1 N–H and O–H groups in total. The number of para-hydroxylation sites is 2. The van der Waals surface area contributed by atoms with Gasteiger partial charge in [-0.1, -0.05) is 42.5 Å². The van der Waals surface area contributed by atoms with Gasteiger partial charge in [0.2, 0.25) is 0 Å². The van der Waals surface area contributed by atoms with E-state index in [9.17, 15) is 9.59 Å². The van der Waals surface area contributed by atoms with Crippen LogP contribution in [-0.2, 0) is 9.59 Å². The Balaban J connectivity index is 1.51. The van der Waals surface area contributed by atoms with Gasteiger partial charge in [-0.05, 0) is 17.7 Å². The summed E-state index contributed by atoms with van der Waals surface area (Å²) in [5.41, 5.74) is 2.76. The normalized spacial score (nSPS) is 18.2. The molecule has 4 rings (SSSR count). The van der Waals surface area contributed by atoms with Crippen molar-refractivity contribution in [2.75, 3.05) is 31.6 Å². The third-order valence-corrected chi connectivity index (χ3v) is 4.92. The molecule has 0 aliphatic carbocycles. The quantitative estimate of drug-likeness (QED) is 0.878. The fraction of sp³-hybridized carbons (Fsp3) is 0.286. The van der Waals surface area contributed by atoms with E-state index in [4.69, 9.17) is 4.74 Å². The zero-order valence-corrected chi connectivity index (χ0v) is 15.7. The van der Waals surface area contributed by atoms with E-state index in [-0.39, 0.29) is 18.4 Å². The molecule has 0 fully saturated rings. The van der Waals surface area contributed by atoms with Crippen LogP contribution in [0.5, 0.6) is 5.75 Å². The van der Waals surface area contributed by atoms with Gasteiger partial charge in [0.25, 0.3) is 11.8 Å². The number of hydrazone groups is 1. The highest BCUT2D eigenvalue weighted by atomic mass is 16.5. The minimum absolute atomic E-state index is 0.0988. The summed E-state index contributed by atoms with van der Waals surface area (Å²) < 4.78 is 5.79. The molecule has 2 amide bonds. The Labute approximate surface area is 163 Å². The second kappa shape index (κ2) is 7.72. The predicted molar refractivity (Wildman–Crippen MR) is 106 cm³/mol. The Kier molecular flexibility index (Phi) is 4.97. The van der Waals surface area contributed by atoms with Crippen molar-refractivity contribution < 1.29 is 14.3 Å². The Morgan fingerprint density at radius 1 is 1.14 bits per heavy atom. The number of fused-ring (bicyclic) bond motifs is 1. The molecule has 0 saturated heterocycles. The first kappa shape index (κ1) is 18.0. The van der Waals surface area contributed by atoms with Crippen LogP contribution in [0.2, 0.25) is 0 Å². The molecule has 2 aliphatic heterocycles. The van der Waals surface area contributed by atoms with Gasteiger partial charge in [0.15, 0.2) is 6.10 Å². The van der Waals surface area contributed by atoms with Crippen LogP contribution in [0.15, 0.2) is 59.7 Å². The van der Waals surface area contributed by atoms with Gasteiger partial charge in [0.1, 0.15) is 5.75 Å². The summed E-state index contributed by atoms with van der Waals surface area (Å²) in [7, 11) is 1.58. The standard InChI is InChI=1S/C21H22N4O3/c1-22-21(27)19-13-24(17-9-5-6-10-18(17)28-19)14-20(26)25-12-11-16(23-25)15-7-3-2-4-8-15/h2-10,19H,11-14H2,1H3,(H,22,27)/t19-/m0/s1. The number of benzene rings is 2. The number of hydrogen-bond donors (Lipinski definition) is 1. The lowest BCUT2D eigenvalue weighted by Crippen LogP contribution is -2.50. The van der Waals surface area contributed by atoms with Gasteiger partial charge in [-0.25, -0.2) is 5.01 Å². The third-order valence-electron chi connectivity index (χ3n) is 4.92. The molecule has 0 spiro atoms. The maximum absolute atomic E-state index is 12.9. The maximum Gasteiger partial charge on any atom is 0.262 e. The molecule has 0 radical (unpaired) electrons. The maximum atomic E-state index is 12.9. The highest BCUT2D eigenvalue weighted by Crippen LogP contribution is 2.33. The monoisotopic (exact) mass is 378 g/mol. The topological polar surface area (TPSA) is 74.2 Å². The van der Waals surface area contributed by atoms with Crippen LogP contribution in [-0.4, -0.2) is 55.3 Å². The van der Waals surface area contributed by atoms with Crippen LogP contribution in [0.3, 0.4) is 0 Å². The van der Waals surface area contributed by atoms with Crippen molar-refractivity contribution in [1.29, 1.82) is 0 Å².